The number of nitrogens with zero attached hydrogens (tertiary/aromatic N) is 1. The molecule has 0 amide bonds. The highest BCUT2D eigenvalue weighted by Crippen LogP contribution is 2.28. The van der Waals surface area contributed by atoms with Crippen molar-refractivity contribution in [1.82, 2.24) is 4.98 Å². The van der Waals surface area contributed by atoms with Gasteiger partial charge in [-0.2, -0.15) is 0 Å². The minimum absolute atomic E-state index is 0.191. The summed E-state index contributed by atoms with van der Waals surface area (Å²) in [5, 5.41) is 0. The maximum absolute atomic E-state index is 12.5. The van der Waals surface area contributed by atoms with Crippen molar-refractivity contribution in [2.75, 3.05) is 18.9 Å². The van der Waals surface area contributed by atoms with E-state index in [2.05, 4.69) is 9.98 Å². The van der Waals surface area contributed by atoms with Gasteiger partial charge in [0.25, 0.3) is 0 Å². The first-order valence-electron chi connectivity index (χ1n) is 6.69. The second kappa shape index (κ2) is 5.37. The first-order valence-corrected chi connectivity index (χ1v) is 8.34. The van der Waals surface area contributed by atoms with Crippen LogP contribution in [0, 0.1) is 6.92 Å². The van der Waals surface area contributed by atoms with Gasteiger partial charge >= 0.3 is 0 Å². The van der Waals surface area contributed by atoms with Crippen molar-refractivity contribution in [3.05, 3.63) is 42.2 Å². The summed E-state index contributed by atoms with van der Waals surface area (Å²) in [6.07, 6.45) is 3.22. The molecule has 1 aromatic carbocycles. The molecule has 0 bridgehead atoms. The van der Waals surface area contributed by atoms with Crippen molar-refractivity contribution in [3.63, 3.8) is 0 Å². The minimum Gasteiger partial charge on any atom is -0.478 e. The van der Waals surface area contributed by atoms with Crippen LogP contribution in [0.15, 0.2) is 46.5 Å². The monoisotopic (exact) mass is 304 g/mol. The maximum atomic E-state index is 12.5. The molecule has 21 heavy (non-hydrogen) atoms. The molecule has 2 heterocycles. The number of hydrogen-bond acceptors (Lipinski definition) is 4. The van der Waals surface area contributed by atoms with Crippen LogP contribution in [0.1, 0.15) is 5.56 Å². The number of ether oxygens (including phenoxy) is 1. The van der Waals surface area contributed by atoms with Gasteiger partial charge in [-0.15, -0.1) is 0 Å². The molecule has 1 N–H and O–H groups in total. The Morgan fingerprint density at radius 1 is 1.24 bits per heavy atom. The lowest BCUT2D eigenvalue weighted by atomic mass is 10.1. The fourth-order valence-corrected chi connectivity index (χ4v) is 3.69. The van der Waals surface area contributed by atoms with Crippen molar-refractivity contribution in [3.8, 4) is 11.1 Å². The number of H-pyrrole nitrogens is 1. The van der Waals surface area contributed by atoms with E-state index in [4.69, 9.17) is 4.74 Å². The van der Waals surface area contributed by atoms with Gasteiger partial charge in [-0.25, -0.2) is 8.42 Å². The number of benzene rings is 1. The van der Waals surface area contributed by atoms with E-state index in [0.29, 0.717) is 24.6 Å². The molecule has 6 heteroatoms. The average Bonchev–Trinajstić information content (AvgIpc) is 3.10. The topological polar surface area (TPSA) is 71.5 Å². The summed E-state index contributed by atoms with van der Waals surface area (Å²) < 4.78 is 30.3. The number of hydrogen-bond donors (Lipinski definition) is 1. The van der Waals surface area contributed by atoms with Gasteiger partial charge in [0.05, 0.1) is 11.4 Å². The Balaban J connectivity index is 1.96. The third-order valence-electron chi connectivity index (χ3n) is 3.37. The molecule has 0 aliphatic carbocycles. The Labute approximate surface area is 123 Å². The summed E-state index contributed by atoms with van der Waals surface area (Å²) in [5.74, 6) is 0.107. The summed E-state index contributed by atoms with van der Waals surface area (Å²) in [5.41, 5.74) is 2.68. The van der Waals surface area contributed by atoms with Crippen molar-refractivity contribution in [2.24, 2.45) is 4.99 Å². The molecular weight excluding hydrogens is 288 g/mol. The summed E-state index contributed by atoms with van der Waals surface area (Å²) in [7, 11) is -3.48. The number of aryl methyl sites for hydroxylation is 1. The molecule has 0 unspecified atom stereocenters. The fraction of sp³-hybridized carbons (Fsp3) is 0.267. The molecular formula is C15H16N2O3S. The first-order chi connectivity index (χ1) is 10.1. The van der Waals surface area contributed by atoms with Gasteiger partial charge in [-0.1, -0.05) is 29.8 Å². The summed E-state index contributed by atoms with van der Waals surface area (Å²) in [4.78, 5) is 7.21. The van der Waals surface area contributed by atoms with Crippen LogP contribution < -0.4 is 0 Å². The molecule has 3 rings (SSSR count). The second-order valence-corrected chi connectivity index (χ2v) is 6.94. The van der Waals surface area contributed by atoms with Gasteiger partial charge in [0, 0.05) is 18.0 Å². The zero-order valence-corrected chi connectivity index (χ0v) is 12.5. The lowest BCUT2D eigenvalue weighted by molar-refractivity contribution is 0.345. The van der Waals surface area contributed by atoms with Gasteiger partial charge in [0.1, 0.15) is 12.4 Å². The van der Waals surface area contributed by atoms with Gasteiger partial charge < -0.3 is 9.72 Å². The zero-order chi connectivity index (χ0) is 14.9. The van der Waals surface area contributed by atoms with E-state index in [0.717, 1.165) is 11.1 Å². The van der Waals surface area contributed by atoms with E-state index in [1.54, 1.807) is 6.20 Å². The van der Waals surface area contributed by atoms with Crippen LogP contribution in [0.25, 0.3) is 11.1 Å². The van der Waals surface area contributed by atoms with Crippen LogP contribution >= 0.6 is 0 Å². The lowest BCUT2D eigenvalue weighted by Gasteiger charge is -2.06. The molecule has 110 valence electrons. The Morgan fingerprint density at radius 3 is 2.67 bits per heavy atom. The third-order valence-corrected chi connectivity index (χ3v) is 5.00. The van der Waals surface area contributed by atoms with Crippen LogP contribution in [0.5, 0.6) is 0 Å². The van der Waals surface area contributed by atoms with Gasteiger partial charge in [-0.05, 0) is 12.5 Å². The van der Waals surface area contributed by atoms with E-state index in [9.17, 15) is 8.42 Å². The number of aromatic amines is 1. The largest absolute Gasteiger partial charge is 0.478 e. The number of aromatic nitrogens is 1. The highest BCUT2D eigenvalue weighted by Gasteiger charge is 2.24. The average molecular weight is 304 g/mol. The minimum atomic E-state index is -3.48. The molecule has 1 aliphatic heterocycles. The van der Waals surface area contributed by atoms with E-state index in [-0.39, 0.29) is 10.6 Å². The van der Waals surface area contributed by atoms with Gasteiger partial charge in [-0.3, -0.25) is 4.99 Å². The van der Waals surface area contributed by atoms with E-state index in [1.807, 2.05) is 31.2 Å². The van der Waals surface area contributed by atoms with E-state index in [1.165, 1.54) is 6.20 Å². The smallest absolute Gasteiger partial charge is 0.199 e. The number of sulfone groups is 1. The Bertz CT molecular complexity index is 774. The summed E-state index contributed by atoms with van der Waals surface area (Å²) in [6.45, 7) is 2.99. The molecule has 1 aromatic heterocycles. The SMILES string of the molecule is Cc1ccc(-c2c[nH]cc2S(=O)(=O)CC2=NCCO2)cc1. The highest BCUT2D eigenvalue weighted by atomic mass is 32.2. The maximum Gasteiger partial charge on any atom is 0.199 e. The molecule has 0 saturated carbocycles. The van der Waals surface area contributed by atoms with Crippen LogP contribution in [0.3, 0.4) is 0 Å². The van der Waals surface area contributed by atoms with Crippen LogP contribution in [-0.4, -0.2) is 38.2 Å². The van der Waals surface area contributed by atoms with Crippen LogP contribution in [-0.2, 0) is 14.6 Å². The second-order valence-electron chi connectivity index (χ2n) is 4.98. The van der Waals surface area contributed by atoms with Crippen molar-refractivity contribution in [1.29, 1.82) is 0 Å². The number of aliphatic imine (C=N–C) groups is 1. The molecule has 0 saturated heterocycles. The predicted octanol–water partition coefficient (Wildman–Crippen LogP) is 2.19. The normalized spacial score (nSPS) is 14.8. The summed E-state index contributed by atoms with van der Waals surface area (Å²) >= 11 is 0. The Morgan fingerprint density at radius 2 is 2.00 bits per heavy atom. The molecule has 0 spiro atoms. The first kappa shape index (κ1) is 13.9. The van der Waals surface area contributed by atoms with E-state index >= 15 is 0 Å². The fourth-order valence-electron chi connectivity index (χ4n) is 2.27. The quantitative estimate of drug-likeness (QED) is 0.941. The van der Waals surface area contributed by atoms with Crippen molar-refractivity contribution < 1.29 is 13.2 Å². The Kier molecular flexibility index (Phi) is 3.55. The number of rotatable bonds is 4. The standard InChI is InChI=1S/C15H16N2O3S/c1-11-2-4-12(5-3-11)13-8-16-9-14(13)21(18,19)10-15-17-6-7-20-15/h2-5,8-9,16H,6-7,10H2,1H3. The molecule has 5 nitrogen and oxygen atoms in total. The predicted molar refractivity (Wildman–Crippen MR) is 81.3 cm³/mol. The molecule has 2 aromatic rings. The Hall–Kier alpha value is -2.08. The summed E-state index contributed by atoms with van der Waals surface area (Å²) in [6, 6.07) is 7.76. The number of nitrogens with one attached hydrogen (secondary N) is 1. The molecule has 0 fully saturated rings. The van der Waals surface area contributed by atoms with Gasteiger partial charge in [0.2, 0.25) is 0 Å². The molecule has 0 atom stereocenters. The van der Waals surface area contributed by atoms with Gasteiger partial charge in [0.15, 0.2) is 15.7 Å². The van der Waals surface area contributed by atoms with Crippen molar-refractivity contribution in [2.45, 2.75) is 11.8 Å². The van der Waals surface area contributed by atoms with E-state index < -0.39 is 9.84 Å². The highest BCUT2D eigenvalue weighted by molar-refractivity contribution is 7.92. The van der Waals surface area contributed by atoms with Crippen molar-refractivity contribution >= 4 is 15.7 Å². The zero-order valence-electron chi connectivity index (χ0n) is 11.7. The van der Waals surface area contributed by atoms with Crippen LogP contribution in [0.2, 0.25) is 0 Å². The molecule has 0 radical (unpaired) electrons. The third kappa shape index (κ3) is 2.85. The molecule has 1 aliphatic rings. The lowest BCUT2D eigenvalue weighted by Crippen LogP contribution is -2.16. The van der Waals surface area contributed by atoms with Crippen LogP contribution in [0.4, 0.5) is 0 Å².